The minimum atomic E-state index is -0.805. The van der Waals surface area contributed by atoms with Gasteiger partial charge in [-0.1, -0.05) is 0 Å². The van der Waals surface area contributed by atoms with Crippen LogP contribution in [0.3, 0.4) is 0 Å². The Morgan fingerprint density at radius 3 is 2.25 bits per heavy atom. The van der Waals surface area contributed by atoms with E-state index in [2.05, 4.69) is 4.90 Å². The number of nitrogens with zero attached hydrogens (tertiary/aromatic N) is 3. The van der Waals surface area contributed by atoms with Crippen LogP contribution >= 0.6 is 0 Å². The number of carboxylic acids is 1. The number of aliphatic carboxylic acids is 1. The summed E-state index contributed by atoms with van der Waals surface area (Å²) >= 11 is 0. The van der Waals surface area contributed by atoms with Gasteiger partial charge < -0.3 is 19.5 Å². The van der Waals surface area contributed by atoms with E-state index in [1.165, 1.54) is 0 Å². The number of carboxylic acid groups (broad SMARTS) is 1. The zero-order valence-electron chi connectivity index (χ0n) is 16.8. The van der Waals surface area contributed by atoms with Crippen LogP contribution in [0.5, 0.6) is 11.5 Å². The van der Waals surface area contributed by atoms with E-state index in [1.54, 1.807) is 25.2 Å². The molecular weight excluding hydrogens is 362 g/mol. The lowest BCUT2D eigenvalue weighted by atomic mass is 10.0. The maximum atomic E-state index is 13.1. The van der Waals surface area contributed by atoms with Crippen LogP contribution in [0.4, 0.5) is 5.69 Å². The number of likely N-dealkylation sites (tertiary alicyclic amines) is 1. The van der Waals surface area contributed by atoms with Gasteiger partial charge in [0, 0.05) is 43.9 Å². The van der Waals surface area contributed by atoms with E-state index in [0.29, 0.717) is 18.0 Å². The quantitative estimate of drug-likeness (QED) is 0.750. The number of hydrogen-bond donors (Lipinski definition) is 1. The second kappa shape index (κ2) is 8.79. The molecule has 0 spiro atoms. The van der Waals surface area contributed by atoms with Crippen LogP contribution in [-0.4, -0.2) is 86.3 Å². The Bertz CT molecular complexity index is 696. The Morgan fingerprint density at radius 1 is 1.11 bits per heavy atom. The molecule has 2 saturated heterocycles. The molecule has 1 aromatic rings. The van der Waals surface area contributed by atoms with Gasteiger partial charge in [-0.2, -0.15) is 0 Å². The van der Waals surface area contributed by atoms with Gasteiger partial charge in [-0.25, -0.2) is 0 Å². The maximum Gasteiger partial charge on any atom is 0.317 e. The number of piperidine rings is 1. The third kappa shape index (κ3) is 4.39. The largest absolute Gasteiger partial charge is 0.497 e. The summed E-state index contributed by atoms with van der Waals surface area (Å²) in [5.41, 5.74) is 0.791. The lowest BCUT2D eigenvalue weighted by Crippen LogP contribution is -2.50. The second-order valence-electron chi connectivity index (χ2n) is 7.44. The Morgan fingerprint density at radius 2 is 1.71 bits per heavy atom. The minimum Gasteiger partial charge on any atom is -0.497 e. The number of amides is 1. The van der Waals surface area contributed by atoms with E-state index >= 15 is 0 Å². The normalized spacial score (nSPS) is 21.4. The van der Waals surface area contributed by atoms with Crippen LogP contribution in [0.2, 0.25) is 0 Å². The number of methoxy groups -OCH3 is 2. The summed E-state index contributed by atoms with van der Waals surface area (Å²) in [7, 11) is 5.05. The fraction of sp³-hybridized carbons (Fsp3) is 0.600. The molecule has 2 fully saturated rings. The molecule has 28 heavy (non-hydrogen) atoms. The fourth-order valence-electron chi connectivity index (χ4n) is 4.19. The van der Waals surface area contributed by atoms with Crippen molar-refractivity contribution < 1.29 is 24.2 Å². The molecule has 3 rings (SSSR count). The molecule has 154 valence electrons. The zero-order valence-corrected chi connectivity index (χ0v) is 16.8. The topological polar surface area (TPSA) is 82.6 Å². The molecule has 0 aromatic heterocycles. The lowest BCUT2D eigenvalue weighted by Gasteiger charge is -2.38. The van der Waals surface area contributed by atoms with Crippen molar-refractivity contribution in [1.82, 2.24) is 9.80 Å². The van der Waals surface area contributed by atoms with Crippen LogP contribution in [0, 0.1) is 0 Å². The first-order valence-corrected chi connectivity index (χ1v) is 9.63. The molecule has 8 nitrogen and oxygen atoms in total. The standard InChI is InChI=1S/C20H29N3O5/c1-21(13-19(24)25)14-4-7-22(8-5-14)18-6-9-23(20(18)26)15-10-16(27-2)12-17(11-15)28-3/h10-12,14,18H,4-9,13H2,1-3H3,(H,24,25). The molecular formula is C20H29N3O5. The molecule has 2 heterocycles. The van der Waals surface area contributed by atoms with Gasteiger partial charge >= 0.3 is 5.97 Å². The molecule has 8 heteroatoms. The third-order valence-corrected chi connectivity index (χ3v) is 5.77. The highest BCUT2D eigenvalue weighted by Gasteiger charge is 2.38. The van der Waals surface area contributed by atoms with E-state index in [1.807, 2.05) is 24.1 Å². The zero-order chi connectivity index (χ0) is 20.3. The fourth-order valence-corrected chi connectivity index (χ4v) is 4.19. The molecule has 0 aliphatic carbocycles. The number of anilines is 1. The molecule has 1 atom stereocenters. The summed E-state index contributed by atoms with van der Waals surface area (Å²) in [6.45, 7) is 2.33. The van der Waals surface area contributed by atoms with Crippen molar-refractivity contribution in [3.8, 4) is 11.5 Å². The summed E-state index contributed by atoms with van der Waals surface area (Å²) in [5, 5.41) is 8.97. The van der Waals surface area contributed by atoms with Crippen molar-refractivity contribution >= 4 is 17.6 Å². The van der Waals surface area contributed by atoms with Crippen LogP contribution in [0.15, 0.2) is 18.2 Å². The van der Waals surface area contributed by atoms with Gasteiger partial charge in [-0.3, -0.25) is 19.4 Å². The molecule has 0 bridgehead atoms. The first-order chi connectivity index (χ1) is 13.4. The number of carbonyl (C=O) groups is 2. The predicted molar refractivity (Wildman–Crippen MR) is 105 cm³/mol. The Hall–Kier alpha value is -2.32. The molecule has 1 aromatic carbocycles. The SMILES string of the molecule is COc1cc(OC)cc(N2CCC(N3CCC(N(C)CC(=O)O)CC3)C2=O)c1. The van der Waals surface area contributed by atoms with Crippen LogP contribution in [0.1, 0.15) is 19.3 Å². The number of carbonyl (C=O) groups excluding carboxylic acids is 1. The molecule has 1 unspecified atom stereocenters. The average molecular weight is 391 g/mol. The van der Waals surface area contributed by atoms with Crippen molar-refractivity contribution in [3.05, 3.63) is 18.2 Å². The number of hydrogen-bond acceptors (Lipinski definition) is 6. The van der Waals surface area contributed by atoms with Crippen LogP contribution in [-0.2, 0) is 9.59 Å². The van der Waals surface area contributed by atoms with Gasteiger partial charge in [0.05, 0.1) is 32.5 Å². The number of benzene rings is 1. The predicted octanol–water partition coefficient (Wildman–Crippen LogP) is 1.29. The first kappa shape index (κ1) is 20.4. The van der Waals surface area contributed by atoms with E-state index < -0.39 is 5.97 Å². The summed E-state index contributed by atoms with van der Waals surface area (Å²) in [6.07, 6.45) is 2.54. The van der Waals surface area contributed by atoms with Gasteiger partial charge in [-0.15, -0.1) is 0 Å². The maximum absolute atomic E-state index is 13.1. The minimum absolute atomic E-state index is 0.0540. The molecule has 2 aliphatic rings. The summed E-state index contributed by atoms with van der Waals surface area (Å²) in [6, 6.07) is 5.64. The number of rotatable bonds is 7. The highest BCUT2D eigenvalue weighted by molar-refractivity contribution is 5.99. The molecule has 1 N–H and O–H groups in total. The highest BCUT2D eigenvalue weighted by atomic mass is 16.5. The van der Waals surface area contributed by atoms with Crippen molar-refractivity contribution in [3.63, 3.8) is 0 Å². The van der Waals surface area contributed by atoms with E-state index in [9.17, 15) is 9.59 Å². The van der Waals surface area contributed by atoms with Gasteiger partial charge in [-0.05, 0) is 26.3 Å². The highest BCUT2D eigenvalue weighted by Crippen LogP contribution is 2.32. The van der Waals surface area contributed by atoms with Gasteiger partial charge in [0.15, 0.2) is 0 Å². The van der Waals surface area contributed by atoms with Crippen molar-refractivity contribution in [2.45, 2.75) is 31.3 Å². The first-order valence-electron chi connectivity index (χ1n) is 9.63. The molecule has 0 saturated carbocycles. The summed E-state index contributed by atoms with van der Waals surface area (Å²) in [5.74, 6) is 0.619. The molecule has 0 radical (unpaired) electrons. The summed E-state index contributed by atoms with van der Waals surface area (Å²) in [4.78, 5) is 29.9. The van der Waals surface area contributed by atoms with E-state index in [0.717, 1.165) is 38.0 Å². The molecule has 1 amide bonds. The van der Waals surface area contributed by atoms with Gasteiger partial charge in [0.2, 0.25) is 5.91 Å². The second-order valence-corrected chi connectivity index (χ2v) is 7.44. The molecule has 2 aliphatic heterocycles. The van der Waals surface area contributed by atoms with Crippen molar-refractivity contribution in [1.29, 1.82) is 0 Å². The van der Waals surface area contributed by atoms with Crippen molar-refractivity contribution in [2.24, 2.45) is 0 Å². The van der Waals surface area contributed by atoms with Gasteiger partial charge in [0.25, 0.3) is 0 Å². The lowest BCUT2D eigenvalue weighted by molar-refractivity contribution is -0.138. The average Bonchev–Trinajstić information content (AvgIpc) is 3.08. The van der Waals surface area contributed by atoms with Crippen molar-refractivity contribution in [2.75, 3.05) is 52.3 Å². The smallest absolute Gasteiger partial charge is 0.317 e. The third-order valence-electron chi connectivity index (χ3n) is 5.77. The summed E-state index contributed by atoms with van der Waals surface area (Å²) < 4.78 is 10.6. The van der Waals surface area contributed by atoms with Gasteiger partial charge in [0.1, 0.15) is 11.5 Å². The Labute approximate surface area is 165 Å². The number of likely N-dealkylation sites (N-methyl/N-ethyl adjacent to an activating group) is 1. The van der Waals surface area contributed by atoms with Crippen LogP contribution in [0.25, 0.3) is 0 Å². The Balaban J connectivity index is 1.63. The number of ether oxygens (including phenoxy) is 2. The van der Waals surface area contributed by atoms with E-state index in [-0.39, 0.29) is 24.5 Å². The Kier molecular flexibility index (Phi) is 6.41. The van der Waals surface area contributed by atoms with Crippen LogP contribution < -0.4 is 14.4 Å². The van der Waals surface area contributed by atoms with E-state index in [4.69, 9.17) is 14.6 Å². The monoisotopic (exact) mass is 391 g/mol.